The maximum absolute atomic E-state index is 13.6. The average molecular weight is 430 g/mol. The fraction of sp³-hybridized carbons (Fsp3) is 0.364. The molecule has 4 nitrogen and oxygen atoms in total. The number of hydrogen-bond acceptors (Lipinski definition) is 5. The number of rotatable bonds is 6. The minimum Gasteiger partial charge on any atom is -0.352 e. The molecule has 152 valence electrons. The number of aromatic nitrogens is 1. The van der Waals surface area contributed by atoms with Crippen molar-refractivity contribution in [3.8, 4) is 10.6 Å². The summed E-state index contributed by atoms with van der Waals surface area (Å²) in [4.78, 5) is 19.6. The SMILES string of the molecule is Cc1ccc(CNC(=O)C2CCN(Cc3csc(-c4ccsc4)n3)CC2)cc1F. The number of aryl methyl sites for hydroxylation is 1. The molecule has 0 saturated carbocycles. The number of halogens is 1. The highest BCUT2D eigenvalue weighted by Gasteiger charge is 2.25. The Morgan fingerprint density at radius 1 is 1.28 bits per heavy atom. The van der Waals surface area contributed by atoms with Gasteiger partial charge in [0.2, 0.25) is 5.91 Å². The van der Waals surface area contributed by atoms with Crippen LogP contribution in [0.4, 0.5) is 4.39 Å². The number of nitrogens with zero attached hydrogens (tertiary/aromatic N) is 2. The van der Waals surface area contributed by atoms with E-state index < -0.39 is 0 Å². The lowest BCUT2D eigenvalue weighted by atomic mass is 9.95. The van der Waals surface area contributed by atoms with Gasteiger partial charge < -0.3 is 5.32 Å². The number of benzene rings is 1. The van der Waals surface area contributed by atoms with E-state index in [0.29, 0.717) is 12.1 Å². The Morgan fingerprint density at radius 3 is 2.83 bits per heavy atom. The molecule has 0 unspecified atom stereocenters. The molecule has 7 heteroatoms. The number of piperidine rings is 1. The predicted octanol–water partition coefficient (Wildman–Crippen LogP) is 4.85. The average Bonchev–Trinajstić information content (AvgIpc) is 3.41. The highest BCUT2D eigenvalue weighted by atomic mass is 32.1. The zero-order valence-electron chi connectivity index (χ0n) is 16.4. The molecule has 4 rings (SSSR count). The topological polar surface area (TPSA) is 45.2 Å². The van der Waals surface area contributed by atoms with Crippen LogP contribution < -0.4 is 5.32 Å². The van der Waals surface area contributed by atoms with E-state index in [-0.39, 0.29) is 17.6 Å². The van der Waals surface area contributed by atoms with Crippen LogP contribution in [-0.4, -0.2) is 28.9 Å². The number of thiazole rings is 1. The van der Waals surface area contributed by atoms with E-state index in [2.05, 4.69) is 32.4 Å². The Bertz CT molecular complexity index is 962. The van der Waals surface area contributed by atoms with E-state index in [1.807, 2.05) is 6.07 Å². The summed E-state index contributed by atoms with van der Waals surface area (Å²) in [5, 5.41) is 10.4. The van der Waals surface area contributed by atoms with Gasteiger partial charge in [0.05, 0.1) is 5.69 Å². The van der Waals surface area contributed by atoms with Crippen LogP contribution in [0.15, 0.2) is 40.4 Å². The van der Waals surface area contributed by atoms with Gasteiger partial charge in [-0.15, -0.1) is 11.3 Å². The van der Waals surface area contributed by atoms with Crippen molar-refractivity contribution in [2.45, 2.75) is 32.9 Å². The molecule has 0 spiro atoms. The molecule has 29 heavy (non-hydrogen) atoms. The predicted molar refractivity (Wildman–Crippen MR) is 116 cm³/mol. The third-order valence-corrected chi connectivity index (χ3v) is 6.99. The van der Waals surface area contributed by atoms with Crippen molar-refractivity contribution in [3.63, 3.8) is 0 Å². The summed E-state index contributed by atoms with van der Waals surface area (Å²) in [6.45, 7) is 4.73. The number of amides is 1. The van der Waals surface area contributed by atoms with Crippen molar-refractivity contribution < 1.29 is 9.18 Å². The molecular formula is C22H24FN3OS2. The van der Waals surface area contributed by atoms with Crippen LogP contribution in [0, 0.1) is 18.7 Å². The highest BCUT2D eigenvalue weighted by Crippen LogP contribution is 2.27. The highest BCUT2D eigenvalue weighted by molar-refractivity contribution is 7.14. The molecule has 0 bridgehead atoms. The molecule has 0 aliphatic carbocycles. The van der Waals surface area contributed by atoms with E-state index in [1.54, 1.807) is 35.7 Å². The first kappa shape index (κ1) is 20.2. The Kier molecular flexibility index (Phi) is 6.37. The first-order chi connectivity index (χ1) is 14.1. The Balaban J connectivity index is 1.23. The maximum Gasteiger partial charge on any atom is 0.223 e. The van der Waals surface area contributed by atoms with Crippen LogP contribution in [0.3, 0.4) is 0 Å². The summed E-state index contributed by atoms with van der Waals surface area (Å²) in [6.07, 6.45) is 1.69. The molecule has 2 aromatic heterocycles. The van der Waals surface area contributed by atoms with Gasteiger partial charge in [0.25, 0.3) is 0 Å². The van der Waals surface area contributed by atoms with Crippen LogP contribution >= 0.6 is 22.7 Å². The molecular weight excluding hydrogens is 405 g/mol. The minimum atomic E-state index is -0.228. The molecule has 1 aliphatic heterocycles. The number of carbonyl (C=O) groups excluding carboxylic acids is 1. The van der Waals surface area contributed by atoms with Crippen LogP contribution in [0.25, 0.3) is 10.6 Å². The van der Waals surface area contributed by atoms with Gasteiger partial charge in [0, 0.05) is 35.3 Å². The summed E-state index contributed by atoms with van der Waals surface area (Å²) in [6, 6.07) is 7.20. The van der Waals surface area contributed by atoms with Crippen molar-refractivity contribution in [2.24, 2.45) is 5.92 Å². The smallest absolute Gasteiger partial charge is 0.223 e. The molecule has 0 atom stereocenters. The van der Waals surface area contributed by atoms with Crippen molar-refractivity contribution in [3.05, 3.63) is 63.0 Å². The van der Waals surface area contributed by atoms with Gasteiger partial charge in [0.1, 0.15) is 10.8 Å². The number of nitrogens with one attached hydrogen (secondary N) is 1. The van der Waals surface area contributed by atoms with E-state index in [0.717, 1.165) is 48.7 Å². The van der Waals surface area contributed by atoms with Gasteiger partial charge in [-0.1, -0.05) is 12.1 Å². The Hall–Kier alpha value is -2.09. The number of carbonyl (C=O) groups is 1. The van der Waals surface area contributed by atoms with Gasteiger partial charge in [-0.05, 0) is 61.5 Å². The van der Waals surface area contributed by atoms with Gasteiger partial charge in [0.15, 0.2) is 0 Å². The van der Waals surface area contributed by atoms with Gasteiger partial charge in [-0.2, -0.15) is 11.3 Å². The lowest BCUT2D eigenvalue weighted by Gasteiger charge is -2.30. The van der Waals surface area contributed by atoms with E-state index in [1.165, 1.54) is 11.6 Å². The number of thiophene rings is 1. The molecule has 1 saturated heterocycles. The fourth-order valence-corrected chi connectivity index (χ4v) is 5.08. The monoisotopic (exact) mass is 429 g/mol. The first-order valence-corrected chi connectivity index (χ1v) is 11.6. The normalized spacial score (nSPS) is 15.5. The largest absolute Gasteiger partial charge is 0.352 e. The second-order valence-electron chi connectivity index (χ2n) is 7.51. The number of likely N-dealkylation sites (tertiary alicyclic amines) is 1. The quantitative estimate of drug-likeness (QED) is 0.609. The van der Waals surface area contributed by atoms with Crippen molar-refractivity contribution in [2.75, 3.05) is 13.1 Å². The molecule has 3 aromatic rings. The first-order valence-electron chi connectivity index (χ1n) is 9.80. The van der Waals surface area contributed by atoms with Crippen LogP contribution in [0.1, 0.15) is 29.7 Å². The zero-order chi connectivity index (χ0) is 20.2. The molecule has 1 aliphatic rings. The molecule has 1 aromatic carbocycles. The molecule has 1 fully saturated rings. The summed E-state index contributed by atoms with van der Waals surface area (Å²) in [7, 11) is 0. The maximum atomic E-state index is 13.6. The lowest BCUT2D eigenvalue weighted by molar-refractivity contribution is -0.126. The summed E-state index contributed by atoms with van der Waals surface area (Å²) >= 11 is 3.37. The lowest BCUT2D eigenvalue weighted by Crippen LogP contribution is -2.40. The van der Waals surface area contributed by atoms with Crippen LogP contribution in [0.5, 0.6) is 0 Å². The van der Waals surface area contributed by atoms with E-state index in [9.17, 15) is 9.18 Å². The van der Waals surface area contributed by atoms with Gasteiger partial charge >= 0.3 is 0 Å². The third kappa shape index (κ3) is 5.10. The minimum absolute atomic E-state index is 0.0262. The van der Waals surface area contributed by atoms with E-state index in [4.69, 9.17) is 4.98 Å². The third-order valence-electron chi connectivity index (χ3n) is 5.37. The fourth-order valence-electron chi connectivity index (χ4n) is 3.56. The van der Waals surface area contributed by atoms with Crippen LogP contribution in [-0.2, 0) is 17.9 Å². The standard InChI is InChI=1S/C22H24FN3OS2/c1-15-2-3-16(10-20(15)23)11-24-21(27)17-4-7-26(8-5-17)12-19-14-29-22(25-19)18-6-9-28-13-18/h2-3,6,9-10,13-14,17H,4-5,7-8,11-12H2,1H3,(H,24,27). The Labute approximate surface area is 178 Å². The molecule has 1 N–H and O–H groups in total. The van der Waals surface area contributed by atoms with Crippen molar-refractivity contribution in [1.29, 1.82) is 0 Å². The molecule has 3 heterocycles. The van der Waals surface area contributed by atoms with Gasteiger partial charge in [-0.3, -0.25) is 9.69 Å². The van der Waals surface area contributed by atoms with Crippen molar-refractivity contribution in [1.82, 2.24) is 15.2 Å². The van der Waals surface area contributed by atoms with Crippen molar-refractivity contribution >= 4 is 28.6 Å². The molecule has 0 radical (unpaired) electrons. The van der Waals surface area contributed by atoms with E-state index >= 15 is 0 Å². The summed E-state index contributed by atoms with van der Waals surface area (Å²) < 4.78 is 13.6. The second-order valence-corrected chi connectivity index (χ2v) is 9.15. The second kappa shape index (κ2) is 9.15. The van der Waals surface area contributed by atoms with Crippen LogP contribution in [0.2, 0.25) is 0 Å². The molecule has 1 amide bonds. The Morgan fingerprint density at radius 2 is 2.10 bits per heavy atom. The summed E-state index contributed by atoms with van der Waals surface area (Å²) in [5.74, 6) is -0.133. The zero-order valence-corrected chi connectivity index (χ0v) is 18.0. The summed E-state index contributed by atoms with van der Waals surface area (Å²) in [5.41, 5.74) is 3.70. The van der Waals surface area contributed by atoms with Gasteiger partial charge in [-0.25, -0.2) is 9.37 Å². The number of hydrogen-bond donors (Lipinski definition) is 1.